The average molecular weight is 426 g/mol. The Morgan fingerprint density at radius 2 is 1.87 bits per heavy atom. The highest BCUT2D eigenvalue weighted by Gasteiger charge is 2.30. The molecule has 4 rings (SSSR count). The number of hydrogen-bond acceptors (Lipinski definition) is 6. The van der Waals surface area contributed by atoms with Crippen LogP contribution in [0.3, 0.4) is 0 Å². The number of anilines is 1. The van der Waals surface area contributed by atoms with Crippen molar-refractivity contribution in [1.29, 1.82) is 0 Å². The van der Waals surface area contributed by atoms with Crippen LogP contribution >= 0.6 is 11.8 Å². The van der Waals surface area contributed by atoms with E-state index in [1.165, 1.54) is 16.8 Å². The van der Waals surface area contributed by atoms with Gasteiger partial charge < -0.3 is 15.0 Å². The van der Waals surface area contributed by atoms with Gasteiger partial charge in [-0.1, -0.05) is 37.7 Å². The summed E-state index contributed by atoms with van der Waals surface area (Å²) in [6.45, 7) is 5.31. The van der Waals surface area contributed by atoms with Crippen LogP contribution in [0.5, 0.6) is 0 Å². The third kappa shape index (κ3) is 4.66. The summed E-state index contributed by atoms with van der Waals surface area (Å²) in [6.07, 6.45) is 0.202. The van der Waals surface area contributed by atoms with Gasteiger partial charge in [0.1, 0.15) is 12.6 Å². The lowest BCUT2D eigenvalue weighted by Crippen LogP contribution is -2.82. The van der Waals surface area contributed by atoms with Gasteiger partial charge in [0.05, 0.1) is 5.69 Å². The first-order valence-corrected chi connectivity index (χ1v) is 11.3. The molecule has 0 bridgehead atoms. The molecule has 1 fully saturated rings. The van der Waals surface area contributed by atoms with Crippen LogP contribution in [0.15, 0.2) is 53.7 Å². The lowest BCUT2D eigenvalue weighted by molar-refractivity contribution is -0.697. The Balaban J connectivity index is 1.35. The van der Waals surface area contributed by atoms with E-state index in [9.17, 15) is 0 Å². The van der Waals surface area contributed by atoms with E-state index >= 15 is 0 Å². The number of nitrogens with two attached hydrogens (primary N) is 1. The van der Waals surface area contributed by atoms with Crippen molar-refractivity contribution >= 4 is 17.4 Å². The summed E-state index contributed by atoms with van der Waals surface area (Å²) in [6, 6.07) is 17.0. The molecule has 1 aromatic heterocycles. The molecular weight excluding hydrogens is 396 g/mol. The van der Waals surface area contributed by atoms with Crippen molar-refractivity contribution in [1.82, 2.24) is 20.2 Å². The summed E-state index contributed by atoms with van der Waals surface area (Å²) in [4.78, 5) is 2.10. The Morgan fingerprint density at radius 1 is 1.13 bits per heavy atom. The van der Waals surface area contributed by atoms with Crippen LogP contribution in [0.25, 0.3) is 5.69 Å². The minimum absolute atomic E-state index is 0.0476. The van der Waals surface area contributed by atoms with Crippen molar-refractivity contribution in [2.24, 2.45) is 0 Å². The standard InChI is InChI=1S/C22H28N6OS/c1-15(2)16-5-11-19(12-6-16)28-22(24-25-26-28)30-14-20-13-23-21(29-20)17-7-9-18(10-8-17)27(3)4/h5-12,15,20-21,23H,13-14H2,1-4H3/p+1/t20-,21-/m0/s1. The number of aromatic nitrogens is 4. The minimum Gasteiger partial charge on any atom is -0.378 e. The van der Waals surface area contributed by atoms with Crippen LogP contribution in [0.4, 0.5) is 5.69 Å². The molecule has 0 spiro atoms. The number of hydrogen-bond donors (Lipinski definition) is 1. The molecule has 2 aromatic carbocycles. The molecule has 0 amide bonds. The first-order valence-electron chi connectivity index (χ1n) is 10.3. The second-order valence-corrected chi connectivity index (χ2v) is 9.05. The molecule has 2 atom stereocenters. The Morgan fingerprint density at radius 3 is 2.53 bits per heavy atom. The van der Waals surface area contributed by atoms with Crippen LogP contribution in [0, 0.1) is 0 Å². The first kappa shape index (κ1) is 20.8. The molecule has 1 aliphatic rings. The number of thioether (sulfide) groups is 1. The van der Waals surface area contributed by atoms with Gasteiger partial charge in [-0.3, -0.25) is 0 Å². The van der Waals surface area contributed by atoms with E-state index in [0.717, 1.165) is 23.1 Å². The first-order chi connectivity index (χ1) is 14.5. The fraction of sp³-hybridized carbons (Fsp3) is 0.409. The van der Waals surface area contributed by atoms with Crippen molar-refractivity contribution in [3.8, 4) is 5.69 Å². The molecule has 158 valence electrons. The van der Waals surface area contributed by atoms with Crippen molar-refractivity contribution in [3.63, 3.8) is 0 Å². The molecule has 0 unspecified atom stereocenters. The summed E-state index contributed by atoms with van der Waals surface area (Å²) in [5.74, 6) is 1.32. The fourth-order valence-corrected chi connectivity index (χ4v) is 4.38. The van der Waals surface area contributed by atoms with Gasteiger partial charge in [0.15, 0.2) is 0 Å². The van der Waals surface area contributed by atoms with Crippen LogP contribution in [0.2, 0.25) is 0 Å². The van der Waals surface area contributed by atoms with E-state index < -0.39 is 0 Å². The summed E-state index contributed by atoms with van der Waals surface area (Å²) in [5.41, 5.74) is 4.67. The van der Waals surface area contributed by atoms with Gasteiger partial charge in [0.25, 0.3) is 0 Å². The summed E-state index contributed by atoms with van der Waals surface area (Å²) in [5, 5.41) is 15.3. The second-order valence-electron chi connectivity index (χ2n) is 8.07. The van der Waals surface area contributed by atoms with Gasteiger partial charge in [-0.15, -0.1) is 5.10 Å². The predicted octanol–water partition coefficient (Wildman–Crippen LogP) is 2.60. The molecular formula is C22H29N6OS+. The third-order valence-corrected chi connectivity index (χ3v) is 6.38. The molecule has 0 radical (unpaired) electrons. The zero-order chi connectivity index (χ0) is 21.1. The van der Waals surface area contributed by atoms with Crippen LogP contribution < -0.4 is 10.2 Å². The van der Waals surface area contributed by atoms with Gasteiger partial charge in [0, 0.05) is 31.1 Å². The number of benzene rings is 2. The summed E-state index contributed by atoms with van der Waals surface area (Å²) in [7, 11) is 4.10. The molecule has 3 aromatic rings. The van der Waals surface area contributed by atoms with Crippen molar-refractivity contribution < 1.29 is 10.1 Å². The number of nitrogens with zero attached hydrogens (tertiary/aromatic N) is 5. The molecule has 0 saturated carbocycles. The monoisotopic (exact) mass is 425 g/mol. The third-order valence-electron chi connectivity index (χ3n) is 5.33. The summed E-state index contributed by atoms with van der Waals surface area (Å²) < 4.78 is 8.06. The lowest BCUT2D eigenvalue weighted by atomic mass is 10.0. The second kappa shape index (κ2) is 9.16. The highest BCUT2D eigenvalue weighted by molar-refractivity contribution is 7.99. The molecule has 2 heterocycles. The Kier molecular flexibility index (Phi) is 6.36. The van der Waals surface area contributed by atoms with E-state index in [1.54, 1.807) is 16.4 Å². The molecule has 1 saturated heterocycles. The molecule has 0 aliphatic carbocycles. The van der Waals surface area contributed by atoms with E-state index in [4.69, 9.17) is 4.74 Å². The molecule has 30 heavy (non-hydrogen) atoms. The van der Waals surface area contributed by atoms with Gasteiger partial charge in [-0.25, -0.2) is 0 Å². The number of rotatable bonds is 7. The van der Waals surface area contributed by atoms with Gasteiger partial charge >= 0.3 is 0 Å². The number of quaternary nitrogens is 1. The Hall–Kier alpha value is -2.42. The fourth-order valence-electron chi connectivity index (χ4n) is 3.48. The highest BCUT2D eigenvalue weighted by atomic mass is 32.2. The molecule has 1 aliphatic heterocycles. The predicted molar refractivity (Wildman–Crippen MR) is 119 cm³/mol. The van der Waals surface area contributed by atoms with E-state index in [2.05, 4.69) is 88.1 Å². The van der Waals surface area contributed by atoms with Gasteiger partial charge in [0.2, 0.25) is 11.4 Å². The minimum atomic E-state index is 0.0476. The average Bonchev–Trinajstić information content (AvgIpc) is 3.42. The quantitative estimate of drug-likeness (QED) is 0.587. The maximum atomic E-state index is 6.27. The van der Waals surface area contributed by atoms with Gasteiger partial charge in [-0.05, 0) is 58.3 Å². The zero-order valence-corrected chi connectivity index (χ0v) is 18.7. The summed E-state index contributed by atoms with van der Waals surface area (Å²) >= 11 is 1.64. The maximum Gasteiger partial charge on any atom is 0.217 e. The Labute approximate surface area is 181 Å². The molecule has 7 nitrogen and oxygen atoms in total. The van der Waals surface area contributed by atoms with Crippen LogP contribution in [0.1, 0.15) is 37.1 Å². The van der Waals surface area contributed by atoms with Crippen molar-refractivity contribution in [3.05, 3.63) is 59.7 Å². The maximum absolute atomic E-state index is 6.27. The van der Waals surface area contributed by atoms with Crippen molar-refractivity contribution in [2.75, 3.05) is 31.3 Å². The van der Waals surface area contributed by atoms with Crippen LogP contribution in [-0.2, 0) is 4.74 Å². The largest absolute Gasteiger partial charge is 0.378 e. The number of ether oxygens (including phenoxy) is 1. The normalized spacial score (nSPS) is 18.8. The topological polar surface area (TPSA) is 72.7 Å². The Bertz CT molecular complexity index is 955. The van der Waals surface area contributed by atoms with Crippen molar-refractivity contribution in [2.45, 2.75) is 37.3 Å². The zero-order valence-electron chi connectivity index (χ0n) is 17.9. The lowest BCUT2D eigenvalue weighted by Gasteiger charge is -2.14. The smallest absolute Gasteiger partial charge is 0.217 e. The van der Waals surface area contributed by atoms with Crippen LogP contribution in [-0.4, -0.2) is 52.7 Å². The number of tetrazole rings is 1. The SMILES string of the molecule is CC(C)c1ccc(-n2nnnc2SC[C@@H]2C[NH2+][C@H](c3ccc(N(C)C)cc3)O2)cc1. The van der Waals surface area contributed by atoms with E-state index in [1.807, 2.05) is 14.1 Å². The molecule has 2 N–H and O–H groups in total. The van der Waals surface area contributed by atoms with Gasteiger partial charge in [-0.2, -0.15) is 4.68 Å². The van der Waals surface area contributed by atoms with E-state index in [-0.39, 0.29) is 12.3 Å². The van der Waals surface area contributed by atoms with E-state index in [0.29, 0.717) is 5.92 Å². The highest BCUT2D eigenvalue weighted by Crippen LogP contribution is 2.25. The molecule has 8 heteroatoms.